The number of nitrogens with zero attached hydrogens (tertiary/aromatic N) is 1. The molecule has 1 N–H and O–H groups in total. The quantitative estimate of drug-likeness (QED) is 0.660. The zero-order chi connectivity index (χ0) is 20.8. The van der Waals surface area contributed by atoms with E-state index < -0.39 is 12.0 Å². The molecule has 29 heavy (non-hydrogen) atoms. The zero-order valence-electron chi connectivity index (χ0n) is 16.9. The molecule has 0 saturated heterocycles. The number of ether oxygens (including phenoxy) is 3. The largest absolute Gasteiger partial charge is 0.493 e. The predicted molar refractivity (Wildman–Crippen MR) is 110 cm³/mol. The molecule has 3 rings (SSSR count). The topological polar surface area (TPSA) is 86.8 Å². The van der Waals surface area contributed by atoms with Gasteiger partial charge in [-0.05, 0) is 37.0 Å². The van der Waals surface area contributed by atoms with Crippen LogP contribution in [0.1, 0.15) is 38.3 Å². The molecule has 2 aromatic rings. The van der Waals surface area contributed by atoms with E-state index in [1.807, 2.05) is 23.6 Å². The number of rotatable bonds is 8. The molecule has 1 heterocycles. The van der Waals surface area contributed by atoms with Crippen LogP contribution < -0.4 is 14.8 Å². The normalized spacial score (nSPS) is 15.0. The van der Waals surface area contributed by atoms with Gasteiger partial charge in [0.15, 0.2) is 11.5 Å². The Kier molecular flexibility index (Phi) is 7.09. The van der Waals surface area contributed by atoms with Crippen LogP contribution in [-0.2, 0) is 20.9 Å². The molecule has 156 valence electrons. The smallest absolute Gasteiger partial charge is 0.329 e. The Hall–Kier alpha value is -2.61. The van der Waals surface area contributed by atoms with E-state index in [9.17, 15) is 9.59 Å². The van der Waals surface area contributed by atoms with Crippen molar-refractivity contribution in [2.45, 2.75) is 45.3 Å². The maximum absolute atomic E-state index is 12.6. The Bertz CT molecular complexity index is 861. The molecule has 1 aromatic heterocycles. The lowest BCUT2D eigenvalue weighted by molar-refractivity contribution is -0.150. The summed E-state index contributed by atoms with van der Waals surface area (Å²) in [5.74, 6) is 0.806. The van der Waals surface area contributed by atoms with Crippen LogP contribution in [0.2, 0.25) is 0 Å². The Morgan fingerprint density at radius 1 is 1.21 bits per heavy atom. The molecule has 0 radical (unpaired) electrons. The Balaban J connectivity index is 1.65. The number of hydrogen-bond acceptors (Lipinski definition) is 7. The summed E-state index contributed by atoms with van der Waals surface area (Å²) in [6.45, 7) is 1.50. The van der Waals surface area contributed by atoms with Crippen molar-refractivity contribution in [1.82, 2.24) is 10.3 Å². The molecule has 1 aromatic carbocycles. The molecule has 1 fully saturated rings. The summed E-state index contributed by atoms with van der Waals surface area (Å²) in [5.41, 5.74) is 1.56. The molecule has 1 unspecified atom stereocenters. The van der Waals surface area contributed by atoms with Gasteiger partial charge in [0.2, 0.25) is 5.91 Å². The van der Waals surface area contributed by atoms with Gasteiger partial charge in [-0.15, -0.1) is 11.3 Å². The molecule has 0 aliphatic heterocycles. The number of hydrogen-bond donors (Lipinski definition) is 1. The second-order valence-corrected chi connectivity index (χ2v) is 7.90. The van der Waals surface area contributed by atoms with Crippen LogP contribution in [0.3, 0.4) is 0 Å². The minimum Gasteiger partial charge on any atom is -0.493 e. The Morgan fingerprint density at radius 3 is 2.59 bits per heavy atom. The van der Waals surface area contributed by atoms with E-state index in [-0.39, 0.29) is 18.4 Å². The number of benzene rings is 1. The third-order valence-corrected chi connectivity index (χ3v) is 5.97. The fourth-order valence-electron chi connectivity index (χ4n) is 3.59. The number of aromatic nitrogens is 1. The number of esters is 1. The molecule has 1 aliphatic carbocycles. The first-order valence-electron chi connectivity index (χ1n) is 9.62. The first-order chi connectivity index (χ1) is 14.0. The molecule has 1 aliphatic rings. The average molecular weight is 419 g/mol. The van der Waals surface area contributed by atoms with Gasteiger partial charge in [0.25, 0.3) is 0 Å². The van der Waals surface area contributed by atoms with Gasteiger partial charge in [-0.25, -0.2) is 9.78 Å². The predicted octanol–water partition coefficient (Wildman–Crippen LogP) is 3.57. The van der Waals surface area contributed by atoms with Crippen LogP contribution in [0.4, 0.5) is 0 Å². The third-order valence-electron chi connectivity index (χ3n) is 5.03. The monoisotopic (exact) mass is 418 g/mol. The summed E-state index contributed by atoms with van der Waals surface area (Å²) < 4.78 is 16.1. The highest BCUT2D eigenvalue weighted by Gasteiger charge is 2.32. The fourth-order valence-corrected chi connectivity index (χ4v) is 4.39. The molecular weight excluding hydrogens is 392 g/mol. The van der Waals surface area contributed by atoms with Crippen molar-refractivity contribution in [3.05, 3.63) is 29.3 Å². The van der Waals surface area contributed by atoms with Crippen LogP contribution >= 0.6 is 11.3 Å². The molecule has 8 heteroatoms. The van der Waals surface area contributed by atoms with E-state index in [4.69, 9.17) is 14.2 Å². The molecule has 1 saturated carbocycles. The summed E-state index contributed by atoms with van der Waals surface area (Å²) in [7, 11) is 3.18. The lowest BCUT2D eigenvalue weighted by Crippen LogP contribution is -2.45. The number of amides is 1. The van der Waals surface area contributed by atoms with Gasteiger partial charge in [0, 0.05) is 17.9 Å². The molecule has 7 nitrogen and oxygen atoms in total. The highest BCUT2D eigenvalue weighted by Crippen LogP contribution is 2.34. The third kappa shape index (κ3) is 5.26. The number of nitrogens with one attached hydrogen (secondary N) is 1. The van der Waals surface area contributed by atoms with Crippen molar-refractivity contribution in [2.24, 2.45) is 5.92 Å². The van der Waals surface area contributed by atoms with E-state index in [0.717, 1.165) is 36.3 Å². The summed E-state index contributed by atoms with van der Waals surface area (Å²) in [5, 5.41) is 5.42. The van der Waals surface area contributed by atoms with E-state index >= 15 is 0 Å². The number of carbonyl (C=O) groups is 2. The van der Waals surface area contributed by atoms with E-state index in [2.05, 4.69) is 10.3 Å². The highest BCUT2D eigenvalue weighted by molar-refractivity contribution is 7.13. The van der Waals surface area contributed by atoms with E-state index in [0.29, 0.717) is 17.2 Å². The van der Waals surface area contributed by atoms with Gasteiger partial charge in [0.05, 0.1) is 19.9 Å². The van der Waals surface area contributed by atoms with Crippen molar-refractivity contribution in [1.29, 1.82) is 0 Å². The van der Waals surface area contributed by atoms with Crippen LogP contribution in [0.5, 0.6) is 11.5 Å². The van der Waals surface area contributed by atoms with E-state index in [1.54, 1.807) is 14.2 Å². The molecule has 1 atom stereocenters. The maximum Gasteiger partial charge on any atom is 0.329 e. The lowest BCUT2D eigenvalue weighted by atomic mass is 9.98. The average Bonchev–Trinajstić information content (AvgIpc) is 3.41. The van der Waals surface area contributed by atoms with E-state index in [1.165, 1.54) is 18.3 Å². The van der Waals surface area contributed by atoms with Gasteiger partial charge >= 0.3 is 5.97 Å². The van der Waals surface area contributed by atoms with Crippen molar-refractivity contribution < 1.29 is 23.8 Å². The van der Waals surface area contributed by atoms with Crippen LogP contribution in [0.25, 0.3) is 10.6 Å². The minimum absolute atomic E-state index is 0.0748. The standard InChI is InChI=1S/C21H26N2O5S/c1-13(24)22-19(14-6-4-5-7-14)21(25)28-11-16-12-29-20(23-16)15-8-9-17(26-2)18(10-15)27-3/h8-10,12,14,19H,4-7,11H2,1-3H3,(H,22,24). The van der Waals surface area contributed by atoms with Gasteiger partial charge in [0.1, 0.15) is 17.7 Å². The number of carbonyl (C=O) groups excluding carboxylic acids is 2. The van der Waals surface area contributed by atoms with Crippen LogP contribution in [-0.4, -0.2) is 37.1 Å². The lowest BCUT2D eigenvalue weighted by Gasteiger charge is -2.22. The summed E-state index contributed by atoms with van der Waals surface area (Å²) >= 11 is 1.46. The summed E-state index contributed by atoms with van der Waals surface area (Å²) in [6.07, 6.45) is 4.02. The summed E-state index contributed by atoms with van der Waals surface area (Å²) in [6, 6.07) is 5.01. The van der Waals surface area contributed by atoms with Gasteiger partial charge in [-0.2, -0.15) is 0 Å². The fraction of sp³-hybridized carbons (Fsp3) is 0.476. The second kappa shape index (κ2) is 9.73. The Labute approximate surface area is 174 Å². The second-order valence-electron chi connectivity index (χ2n) is 7.04. The molecule has 0 bridgehead atoms. The number of methoxy groups -OCH3 is 2. The van der Waals surface area contributed by atoms with Gasteiger partial charge < -0.3 is 19.5 Å². The van der Waals surface area contributed by atoms with Crippen molar-refractivity contribution >= 4 is 23.2 Å². The first kappa shape index (κ1) is 21.1. The summed E-state index contributed by atoms with van der Waals surface area (Å²) in [4.78, 5) is 28.6. The van der Waals surface area contributed by atoms with Crippen molar-refractivity contribution in [3.63, 3.8) is 0 Å². The number of thiazole rings is 1. The molecular formula is C21H26N2O5S. The maximum atomic E-state index is 12.6. The molecule has 1 amide bonds. The van der Waals surface area contributed by atoms with Crippen molar-refractivity contribution in [2.75, 3.05) is 14.2 Å². The molecule has 0 spiro atoms. The van der Waals surface area contributed by atoms with Crippen LogP contribution in [0.15, 0.2) is 23.6 Å². The van der Waals surface area contributed by atoms with Gasteiger partial charge in [-0.1, -0.05) is 12.8 Å². The highest BCUT2D eigenvalue weighted by atomic mass is 32.1. The minimum atomic E-state index is -0.584. The van der Waals surface area contributed by atoms with Crippen molar-refractivity contribution in [3.8, 4) is 22.1 Å². The van der Waals surface area contributed by atoms with Gasteiger partial charge in [-0.3, -0.25) is 4.79 Å². The Morgan fingerprint density at radius 2 is 1.93 bits per heavy atom. The SMILES string of the molecule is COc1ccc(-c2nc(COC(=O)C(NC(C)=O)C3CCCC3)cs2)cc1OC. The zero-order valence-corrected chi connectivity index (χ0v) is 17.7. The first-order valence-corrected chi connectivity index (χ1v) is 10.5. The van der Waals surface area contributed by atoms with Crippen LogP contribution in [0, 0.1) is 5.92 Å².